The molecular formula is C12H14N2S2. The van der Waals surface area contributed by atoms with Gasteiger partial charge in [0.1, 0.15) is 5.01 Å². The summed E-state index contributed by atoms with van der Waals surface area (Å²) in [6.07, 6.45) is 3.86. The van der Waals surface area contributed by atoms with Crippen molar-refractivity contribution in [3.63, 3.8) is 0 Å². The number of nitrogens with zero attached hydrogens (tertiary/aromatic N) is 1. The molecule has 0 radical (unpaired) electrons. The van der Waals surface area contributed by atoms with Crippen molar-refractivity contribution < 1.29 is 0 Å². The molecule has 1 N–H and O–H groups in total. The predicted octanol–water partition coefficient (Wildman–Crippen LogP) is 3.69. The molecule has 1 aliphatic heterocycles. The van der Waals surface area contributed by atoms with Gasteiger partial charge in [0.05, 0.1) is 16.6 Å². The Bertz CT molecular complexity index is 441. The van der Waals surface area contributed by atoms with Gasteiger partial charge in [-0.15, -0.1) is 22.7 Å². The molecule has 1 atom stereocenters. The van der Waals surface area contributed by atoms with Crippen molar-refractivity contribution in [1.29, 1.82) is 0 Å². The fourth-order valence-corrected chi connectivity index (χ4v) is 3.75. The van der Waals surface area contributed by atoms with Crippen LogP contribution < -0.4 is 5.32 Å². The van der Waals surface area contributed by atoms with Gasteiger partial charge < -0.3 is 5.32 Å². The van der Waals surface area contributed by atoms with Gasteiger partial charge >= 0.3 is 0 Å². The van der Waals surface area contributed by atoms with Gasteiger partial charge in [-0.1, -0.05) is 12.5 Å². The van der Waals surface area contributed by atoms with Crippen LogP contribution in [0.25, 0.3) is 9.88 Å². The number of thiazole rings is 1. The van der Waals surface area contributed by atoms with Crippen molar-refractivity contribution in [2.24, 2.45) is 0 Å². The maximum Gasteiger partial charge on any atom is 0.133 e. The summed E-state index contributed by atoms with van der Waals surface area (Å²) in [4.78, 5) is 6.03. The summed E-state index contributed by atoms with van der Waals surface area (Å²) in [6.45, 7) is 1.14. The minimum absolute atomic E-state index is 0.485. The van der Waals surface area contributed by atoms with Crippen LogP contribution in [0.4, 0.5) is 0 Å². The van der Waals surface area contributed by atoms with Crippen LogP contribution in [0.3, 0.4) is 0 Å². The average Bonchev–Trinajstić information content (AvgIpc) is 3.01. The van der Waals surface area contributed by atoms with Crippen molar-refractivity contribution in [3.8, 4) is 9.88 Å². The van der Waals surface area contributed by atoms with Gasteiger partial charge in [0.25, 0.3) is 0 Å². The summed E-state index contributed by atoms with van der Waals surface area (Å²) in [5.74, 6) is 0. The standard InChI is InChI=1S/C12H14N2S2/c1-2-6-13-9(4-1)10-8-16-12(14-10)11-5-3-7-15-11/h3,5,7-9,13H,1-2,4,6H2. The van der Waals surface area contributed by atoms with Crippen LogP contribution in [0, 0.1) is 0 Å². The summed E-state index contributed by atoms with van der Waals surface area (Å²) in [5, 5.41) is 9.02. The largest absolute Gasteiger partial charge is 0.309 e. The van der Waals surface area contributed by atoms with Crippen molar-refractivity contribution in [2.75, 3.05) is 6.54 Å². The molecule has 0 aromatic carbocycles. The Morgan fingerprint density at radius 2 is 2.31 bits per heavy atom. The number of aromatic nitrogens is 1. The normalized spacial score (nSPS) is 21.1. The molecular weight excluding hydrogens is 236 g/mol. The van der Waals surface area contributed by atoms with Gasteiger partial charge in [-0.25, -0.2) is 4.98 Å². The van der Waals surface area contributed by atoms with Gasteiger partial charge in [-0.05, 0) is 30.8 Å². The third-order valence-electron chi connectivity index (χ3n) is 2.92. The van der Waals surface area contributed by atoms with Crippen LogP contribution in [-0.2, 0) is 0 Å². The summed E-state index contributed by atoms with van der Waals surface area (Å²) in [7, 11) is 0. The van der Waals surface area contributed by atoms with Gasteiger partial charge in [-0.2, -0.15) is 0 Å². The Balaban J connectivity index is 1.82. The highest BCUT2D eigenvalue weighted by Crippen LogP contribution is 2.31. The van der Waals surface area contributed by atoms with E-state index in [1.165, 1.54) is 29.8 Å². The van der Waals surface area contributed by atoms with E-state index in [-0.39, 0.29) is 0 Å². The van der Waals surface area contributed by atoms with E-state index < -0.39 is 0 Å². The molecule has 0 amide bonds. The van der Waals surface area contributed by atoms with Crippen molar-refractivity contribution in [3.05, 3.63) is 28.6 Å². The van der Waals surface area contributed by atoms with Gasteiger partial charge in [-0.3, -0.25) is 0 Å². The molecule has 0 bridgehead atoms. The van der Waals surface area contributed by atoms with E-state index in [1.54, 1.807) is 22.7 Å². The Morgan fingerprint density at radius 1 is 1.31 bits per heavy atom. The van der Waals surface area contributed by atoms with E-state index in [0.717, 1.165) is 11.6 Å². The number of nitrogens with one attached hydrogen (secondary N) is 1. The molecule has 0 spiro atoms. The fraction of sp³-hybridized carbons (Fsp3) is 0.417. The van der Waals surface area contributed by atoms with Crippen LogP contribution in [0.5, 0.6) is 0 Å². The number of rotatable bonds is 2. The third-order valence-corrected chi connectivity index (χ3v) is 4.82. The highest BCUT2D eigenvalue weighted by molar-refractivity contribution is 7.20. The maximum atomic E-state index is 4.74. The maximum absolute atomic E-state index is 4.74. The molecule has 3 rings (SSSR count). The third kappa shape index (κ3) is 2.05. The van der Waals surface area contributed by atoms with E-state index in [2.05, 4.69) is 28.2 Å². The molecule has 3 heterocycles. The second-order valence-corrected chi connectivity index (χ2v) is 5.86. The monoisotopic (exact) mass is 250 g/mol. The zero-order valence-corrected chi connectivity index (χ0v) is 10.6. The van der Waals surface area contributed by atoms with Gasteiger partial charge in [0, 0.05) is 5.38 Å². The van der Waals surface area contributed by atoms with Crippen LogP contribution in [0.15, 0.2) is 22.9 Å². The average molecular weight is 250 g/mol. The zero-order valence-electron chi connectivity index (χ0n) is 8.98. The first-order valence-electron chi connectivity index (χ1n) is 5.66. The Morgan fingerprint density at radius 3 is 3.06 bits per heavy atom. The first kappa shape index (κ1) is 10.4. The lowest BCUT2D eigenvalue weighted by Gasteiger charge is -2.21. The zero-order chi connectivity index (χ0) is 10.8. The first-order valence-corrected chi connectivity index (χ1v) is 7.42. The highest BCUT2D eigenvalue weighted by atomic mass is 32.1. The van der Waals surface area contributed by atoms with E-state index in [1.807, 2.05) is 0 Å². The molecule has 16 heavy (non-hydrogen) atoms. The number of piperidine rings is 1. The Hall–Kier alpha value is -0.710. The van der Waals surface area contributed by atoms with E-state index in [9.17, 15) is 0 Å². The molecule has 84 valence electrons. The van der Waals surface area contributed by atoms with Crippen LogP contribution in [0.1, 0.15) is 31.0 Å². The molecule has 1 unspecified atom stereocenters. The predicted molar refractivity (Wildman–Crippen MR) is 70.0 cm³/mol. The van der Waals surface area contributed by atoms with Crippen LogP contribution in [0.2, 0.25) is 0 Å². The lowest BCUT2D eigenvalue weighted by atomic mass is 10.0. The Kier molecular flexibility index (Phi) is 3.04. The number of hydrogen-bond acceptors (Lipinski definition) is 4. The summed E-state index contributed by atoms with van der Waals surface area (Å²) in [5.41, 5.74) is 1.23. The van der Waals surface area contributed by atoms with Crippen LogP contribution in [-0.4, -0.2) is 11.5 Å². The molecule has 2 aromatic heterocycles. The van der Waals surface area contributed by atoms with Crippen LogP contribution >= 0.6 is 22.7 Å². The van der Waals surface area contributed by atoms with Crippen molar-refractivity contribution in [1.82, 2.24) is 10.3 Å². The summed E-state index contributed by atoms with van der Waals surface area (Å²) < 4.78 is 0. The van der Waals surface area contributed by atoms with Gasteiger partial charge in [0.2, 0.25) is 0 Å². The van der Waals surface area contributed by atoms with Crippen molar-refractivity contribution in [2.45, 2.75) is 25.3 Å². The molecule has 0 aliphatic carbocycles. The second kappa shape index (κ2) is 4.65. The number of hydrogen-bond donors (Lipinski definition) is 1. The van der Waals surface area contributed by atoms with Crippen molar-refractivity contribution >= 4 is 22.7 Å². The molecule has 1 saturated heterocycles. The summed E-state index contributed by atoms with van der Waals surface area (Å²) in [6, 6.07) is 4.71. The second-order valence-electron chi connectivity index (χ2n) is 4.06. The fourth-order valence-electron chi connectivity index (χ4n) is 2.06. The molecule has 2 nitrogen and oxygen atoms in total. The number of thiophene rings is 1. The summed E-state index contributed by atoms with van der Waals surface area (Å²) >= 11 is 3.52. The molecule has 1 fully saturated rings. The minimum Gasteiger partial charge on any atom is -0.309 e. The topological polar surface area (TPSA) is 24.9 Å². The van der Waals surface area contributed by atoms with E-state index in [0.29, 0.717) is 6.04 Å². The quantitative estimate of drug-likeness (QED) is 0.879. The van der Waals surface area contributed by atoms with E-state index in [4.69, 9.17) is 4.98 Å². The molecule has 4 heteroatoms. The molecule has 2 aromatic rings. The smallest absolute Gasteiger partial charge is 0.133 e. The highest BCUT2D eigenvalue weighted by Gasteiger charge is 2.17. The SMILES string of the molecule is c1csc(-c2nc(C3CCCCN3)cs2)c1. The van der Waals surface area contributed by atoms with Gasteiger partial charge in [0.15, 0.2) is 0 Å². The lowest BCUT2D eigenvalue weighted by Crippen LogP contribution is -2.26. The van der Waals surface area contributed by atoms with E-state index >= 15 is 0 Å². The Labute approximate surface area is 103 Å². The first-order chi connectivity index (χ1) is 7.93. The lowest BCUT2D eigenvalue weighted by molar-refractivity contribution is 0.407. The molecule has 0 saturated carbocycles. The minimum atomic E-state index is 0.485. The molecule has 1 aliphatic rings.